The summed E-state index contributed by atoms with van der Waals surface area (Å²) in [5.74, 6) is 0.761. The maximum absolute atomic E-state index is 12.7. The molecule has 0 saturated carbocycles. The number of benzene rings is 1. The monoisotopic (exact) mass is 367 g/mol. The van der Waals surface area contributed by atoms with Gasteiger partial charge in [-0.1, -0.05) is 30.3 Å². The van der Waals surface area contributed by atoms with Crippen LogP contribution in [-0.2, 0) is 17.6 Å². The van der Waals surface area contributed by atoms with E-state index in [1.54, 1.807) is 13.8 Å². The third-order valence-electron chi connectivity index (χ3n) is 4.71. The normalized spacial score (nSPS) is 12.3. The van der Waals surface area contributed by atoms with Gasteiger partial charge in [-0.3, -0.25) is 9.59 Å². The third-order valence-corrected chi connectivity index (χ3v) is 4.71. The maximum Gasteiger partial charge on any atom is 0.264 e. The summed E-state index contributed by atoms with van der Waals surface area (Å²) >= 11 is 0. The Kier molecular flexibility index (Phi) is 5.69. The van der Waals surface area contributed by atoms with E-state index in [4.69, 9.17) is 0 Å². The van der Waals surface area contributed by atoms with E-state index in [1.807, 2.05) is 25.1 Å². The van der Waals surface area contributed by atoms with Crippen LogP contribution in [0.25, 0.3) is 5.78 Å². The largest absolute Gasteiger partial charge is 0.353 e. The van der Waals surface area contributed by atoms with Crippen molar-refractivity contribution >= 4 is 11.7 Å². The molecule has 0 spiro atoms. The average molecular weight is 367 g/mol. The quantitative estimate of drug-likeness (QED) is 0.669. The minimum Gasteiger partial charge on any atom is -0.353 e. The lowest BCUT2D eigenvalue weighted by Crippen LogP contribution is -2.36. The minimum absolute atomic E-state index is 0.0221. The number of fused-ring (bicyclic) bond motifs is 1. The van der Waals surface area contributed by atoms with Gasteiger partial charge in [0.25, 0.3) is 5.56 Å². The molecule has 142 valence electrons. The van der Waals surface area contributed by atoms with Gasteiger partial charge in [0.05, 0.1) is 12.1 Å². The number of nitrogens with zero attached hydrogens (tertiary/aromatic N) is 3. The first-order valence-electron chi connectivity index (χ1n) is 9.22. The lowest BCUT2D eigenvalue weighted by atomic mass is 10.1. The third kappa shape index (κ3) is 4.42. The minimum atomic E-state index is -0.240. The van der Waals surface area contributed by atoms with Crippen LogP contribution in [0.2, 0.25) is 0 Å². The van der Waals surface area contributed by atoms with Crippen molar-refractivity contribution in [1.82, 2.24) is 24.9 Å². The Balaban J connectivity index is 1.58. The summed E-state index contributed by atoms with van der Waals surface area (Å²) in [5.41, 5.74) is 2.02. The molecule has 2 N–H and O–H groups in total. The number of hydrogen-bond acceptors (Lipinski definition) is 4. The van der Waals surface area contributed by atoms with Gasteiger partial charge in [-0.2, -0.15) is 5.10 Å². The second-order valence-corrected chi connectivity index (χ2v) is 6.93. The molecule has 1 atom stereocenters. The molecular formula is C20H25N5O2. The van der Waals surface area contributed by atoms with Crippen LogP contribution in [0, 0.1) is 13.8 Å². The van der Waals surface area contributed by atoms with Crippen LogP contribution in [0.4, 0.5) is 0 Å². The summed E-state index contributed by atoms with van der Waals surface area (Å²) in [5, 5.41) is 9.71. The molecule has 7 heteroatoms. The van der Waals surface area contributed by atoms with Gasteiger partial charge < -0.3 is 5.32 Å². The molecule has 3 rings (SSSR count). The van der Waals surface area contributed by atoms with Crippen LogP contribution in [0.1, 0.15) is 42.4 Å². The predicted octanol–water partition coefficient (Wildman–Crippen LogP) is 2.10. The highest BCUT2D eigenvalue weighted by molar-refractivity contribution is 5.79. The SMILES string of the molecule is Cc1nc2[nH]nc(C)n2c(=O)c1CC(=O)NC(C)CCCc1ccccc1. The lowest BCUT2D eigenvalue weighted by molar-refractivity contribution is -0.121. The van der Waals surface area contributed by atoms with E-state index in [1.165, 1.54) is 9.96 Å². The average Bonchev–Trinajstić information content (AvgIpc) is 3.00. The number of rotatable bonds is 7. The Hall–Kier alpha value is -2.96. The summed E-state index contributed by atoms with van der Waals surface area (Å²) in [7, 11) is 0. The highest BCUT2D eigenvalue weighted by atomic mass is 16.2. The molecule has 1 amide bonds. The number of carbonyl (C=O) groups is 1. The zero-order valence-corrected chi connectivity index (χ0v) is 16.0. The molecule has 3 aromatic rings. The first kappa shape index (κ1) is 18.8. The lowest BCUT2D eigenvalue weighted by Gasteiger charge is -2.14. The van der Waals surface area contributed by atoms with Gasteiger partial charge in [-0.25, -0.2) is 14.5 Å². The predicted molar refractivity (Wildman–Crippen MR) is 104 cm³/mol. The zero-order valence-electron chi connectivity index (χ0n) is 16.0. The Labute approximate surface area is 157 Å². The Bertz CT molecular complexity index is 991. The Morgan fingerprint density at radius 2 is 2.00 bits per heavy atom. The molecule has 27 heavy (non-hydrogen) atoms. The molecule has 0 aliphatic rings. The van der Waals surface area contributed by atoms with Crippen molar-refractivity contribution in [2.75, 3.05) is 0 Å². The highest BCUT2D eigenvalue weighted by Gasteiger charge is 2.17. The molecule has 0 aliphatic carbocycles. The van der Waals surface area contributed by atoms with Crippen molar-refractivity contribution in [3.05, 3.63) is 63.3 Å². The highest BCUT2D eigenvalue weighted by Crippen LogP contribution is 2.08. The van der Waals surface area contributed by atoms with Crippen molar-refractivity contribution in [2.45, 2.75) is 52.5 Å². The van der Waals surface area contributed by atoms with Crippen molar-refractivity contribution < 1.29 is 4.79 Å². The molecule has 0 bridgehead atoms. The van der Waals surface area contributed by atoms with E-state index in [0.717, 1.165) is 19.3 Å². The van der Waals surface area contributed by atoms with E-state index >= 15 is 0 Å². The van der Waals surface area contributed by atoms with Crippen molar-refractivity contribution in [3.8, 4) is 0 Å². The van der Waals surface area contributed by atoms with Crippen molar-refractivity contribution in [2.24, 2.45) is 0 Å². The van der Waals surface area contributed by atoms with Gasteiger partial charge in [-0.05, 0) is 45.6 Å². The number of amides is 1. The first-order chi connectivity index (χ1) is 13.0. The maximum atomic E-state index is 12.7. The van der Waals surface area contributed by atoms with Gasteiger partial charge in [0.1, 0.15) is 5.82 Å². The molecule has 1 aromatic carbocycles. The number of nitrogens with one attached hydrogen (secondary N) is 2. The van der Waals surface area contributed by atoms with E-state index < -0.39 is 0 Å². The van der Waals surface area contributed by atoms with E-state index in [2.05, 4.69) is 32.6 Å². The summed E-state index contributed by atoms with van der Waals surface area (Å²) < 4.78 is 1.40. The first-order valence-corrected chi connectivity index (χ1v) is 9.22. The molecule has 0 aliphatic heterocycles. The number of hydrogen-bond donors (Lipinski definition) is 2. The molecule has 0 fully saturated rings. The van der Waals surface area contributed by atoms with Gasteiger partial charge in [0, 0.05) is 11.6 Å². The second kappa shape index (κ2) is 8.16. The van der Waals surface area contributed by atoms with Crippen LogP contribution in [0.3, 0.4) is 0 Å². The number of aromatic amines is 1. The van der Waals surface area contributed by atoms with E-state index in [9.17, 15) is 9.59 Å². The van der Waals surface area contributed by atoms with Crippen molar-refractivity contribution in [1.29, 1.82) is 0 Å². The van der Waals surface area contributed by atoms with Gasteiger partial charge in [-0.15, -0.1) is 0 Å². The summed E-state index contributed by atoms with van der Waals surface area (Å²) in [6.45, 7) is 5.45. The number of aryl methyl sites for hydroxylation is 3. The van der Waals surface area contributed by atoms with Crippen LogP contribution < -0.4 is 10.9 Å². The van der Waals surface area contributed by atoms with Crippen LogP contribution in [0.5, 0.6) is 0 Å². The molecule has 2 heterocycles. The van der Waals surface area contributed by atoms with Crippen LogP contribution >= 0.6 is 0 Å². The van der Waals surface area contributed by atoms with E-state index in [0.29, 0.717) is 22.9 Å². The second-order valence-electron chi connectivity index (χ2n) is 6.93. The molecule has 1 unspecified atom stereocenters. The summed E-state index contributed by atoms with van der Waals surface area (Å²) in [4.78, 5) is 29.4. The number of carbonyl (C=O) groups excluding carboxylic acids is 1. The van der Waals surface area contributed by atoms with Crippen LogP contribution in [-0.4, -0.2) is 31.5 Å². The number of H-pyrrole nitrogens is 1. The van der Waals surface area contributed by atoms with Gasteiger partial charge >= 0.3 is 0 Å². The topological polar surface area (TPSA) is 92.2 Å². The molecule has 0 radical (unpaired) electrons. The Morgan fingerprint density at radius 1 is 1.26 bits per heavy atom. The zero-order chi connectivity index (χ0) is 19.4. The van der Waals surface area contributed by atoms with Crippen LogP contribution in [0.15, 0.2) is 35.1 Å². The molecule has 2 aromatic heterocycles. The standard InChI is InChI=1S/C20H25N5O2/c1-13(8-7-11-16-9-5-4-6-10-16)21-18(26)12-17-14(2)22-20-24-23-15(3)25(20)19(17)27/h4-6,9-10,13H,7-8,11-12H2,1-3H3,(H,21,26)(H,22,24). The number of aromatic nitrogens is 4. The summed E-state index contributed by atoms with van der Waals surface area (Å²) in [6, 6.07) is 10.4. The molecule has 7 nitrogen and oxygen atoms in total. The fourth-order valence-corrected chi connectivity index (χ4v) is 3.24. The van der Waals surface area contributed by atoms with Gasteiger partial charge in [0.15, 0.2) is 0 Å². The smallest absolute Gasteiger partial charge is 0.264 e. The van der Waals surface area contributed by atoms with E-state index in [-0.39, 0.29) is 23.9 Å². The molecular weight excluding hydrogens is 342 g/mol. The van der Waals surface area contributed by atoms with Crippen molar-refractivity contribution in [3.63, 3.8) is 0 Å². The fourth-order valence-electron chi connectivity index (χ4n) is 3.24. The van der Waals surface area contributed by atoms with Gasteiger partial charge in [0.2, 0.25) is 11.7 Å². The summed E-state index contributed by atoms with van der Waals surface area (Å²) in [6.07, 6.45) is 2.89. The Morgan fingerprint density at radius 3 is 2.74 bits per heavy atom. The molecule has 0 saturated heterocycles. The fraction of sp³-hybridized carbons (Fsp3) is 0.400.